The van der Waals surface area contributed by atoms with Crippen LogP contribution in [-0.2, 0) is 6.54 Å². The molecule has 1 aromatic heterocycles. The highest BCUT2D eigenvalue weighted by Gasteiger charge is 2.11. The number of nitrogens with zero attached hydrogens (tertiary/aromatic N) is 1. The number of benzene rings is 1. The average molecular weight is 250 g/mol. The Labute approximate surface area is 104 Å². The van der Waals surface area contributed by atoms with Crippen molar-refractivity contribution in [3.63, 3.8) is 0 Å². The maximum absolute atomic E-state index is 11.9. The summed E-state index contributed by atoms with van der Waals surface area (Å²) in [5, 5.41) is 3.27. The highest BCUT2D eigenvalue weighted by molar-refractivity contribution is 6.34. The molecule has 0 saturated carbocycles. The van der Waals surface area contributed by atoms with Crippen molar-refractivity contribution < 1.29 is 4.79 Å². The minimum Gasteiger partial charge on any atom is -0.347 e. The zero-order valence-electron chi connectivity index (χ0n) is 9.33. The second-order valence-corrected chi connectivity index (χ2v) is 4.07. The molecule has 5 heteroatoms. The maximum Gasteiger partial charge on any atom is 0.253 e. The molecule has 2 N–H and O–H groups in total. The molecule has 0 bridgehead atoms. The van der Waals surface area contributed by atoms with E-state index in [9.17, 15) is 4.79 Å². The van der Waals surface area contributed by atoms with Crippen LogP contribution in [0.2, 0.25) is 5.02 Å². The molecule has 0 spiro atoms. The number of halogens is 1. The summed E-state index contributed by atoms with van der Waals surface area (Å²) in [6.45, 7) is 2.27. The number of H-pyrrole nitrogens is 1. The van der Waals surface area contributed by atoms with Gasteiger partial charge >= 0.3 is 0 Å². The summed E-state index contributed by atoms with van der Waals surface area (Å²) < 4.78 is 0. The molecule has 4 nitrogen and oxygen atoms in total. The van der Waals surface area contributed by atoms with Gasteiger partial charge in [0, 0.05) is 6.20 Å². The van der Waals surface area contributed by atoms with E-state index in [-0.39, 0.29) is 5.91 Å². The minimum atomic E-state index is -0.187. The fourth-order valence-corrected chi connectivity index (χ4v) is 1.69. The summed E-state index contributed by atoms with van der Waals surface area (Å²) in [4.78, 5) is 18.7. The van der Waals surface area contributed by atoms with Gasteiger partial charge in [0.25, 0.3) is 5.91 Å². The number of rotatable bonds is 3. The largest absolute Gasteiger partial charge is 0.347 e. The van der Waals surface area contributed by atoms with Crippen LogP contribution < -0.4 is 5.32 Å². The fraction of sp³-hybridized carbons (Fsp3) is 0.167. The van der Waals surface area contributed by atoms with E-state index < -0.39 is 0 Å². The van der Waals surface area contributed by atoms with Gasteiger partial charge in [0.05, 0.1) is 29.2 Å². The predicted molar refractivity (Wildman–Crippen MR) is 65.9 cm³/mol. The summed E-state index contributed by atoms with van der Waals surface area (Å²) in [5.74, 6) is -0.187. The van der Waals surface area contributed by atoms with Gasteiger partial charge in [-0.2, -0.15) is 0 Å². The average Bonchev–Trinajstić information content (AvgIpc) is 2.82. The van der Waals surface area contributed by atoms with Gasteiger partial charge in [-0.15, -0.1) is 0 Å². The number of aromatic nitrogens is 2. The topological polar surface area (TPSA) is 57.8 Å². The van der Waals surface area contributed by atoms with E-state index >= 15 is 0 Å². The van der Waals surface area contributed by atoms with Crippen molar-refractivity contribution in [1.82, 2.24) is 15.3 Å². The second kappa shape index (κ2) is 5.01. The molecule has 1 amide bonds. The molecule has 0 aliphatic rings. The van der Waals surface area contributed by atoms with Crippen LogP contribution in [0.15, 0.2) is 30.7 Å². The van der Waals surface area contributed by atoms with E-state index in [0.717, 1.165) is 11.3 Å². The van der Waals surface area contributed by atoms with Gasteiger partial charge < -0.3 is 10.3 Å². The third kappa shape index (κ3) is 2.65. The van der Waals surface area contributed by atoms with Crippen LogP contribution in [-0.4, -0.2) is 15.9 Å². The molecule has 0 unspecified atom stereocenters. The lowest BCUT2D eigenvalue weighted by molar-refractivity contribution is 0.0950. The molecular formula is C12H12ClN3O. The highest BCUT2D eigenvalue weighted by Crippen LogP contribution is 2.19. The number of nitrogens with one attached hydrogen (secondary N) is 2. The number of aryl methyl sites for hydroxylation is 1. The summed E-state index contributed by atoms with van der Waals surface area (Å²) in [6.07, 6.45) is 3.24. The smallest absolute Gasteiger partial charge is 0.253 e. The van der Waals surface area contributed by atoms with Crippen LogP contribution >= 0.6 is 11.6 Å². The first-order chi connectivity index (χ1) is 8.18. The molecule has 0 saturated heterocycles. The lowest BCUT2D eigenvalue weighted by atomic mass is 10.1. The Kier molecular flexibility index (Phi) is 3.44. The zero-order chi connectivity index (χ0) is 12.3. The van der Waals surface area contributed by atoms with E-state index in [0.29, 0.717) is 17.1 Å². The Bertz CT molecular complexity index is 523. The van der Waals surface area contributed by atoms with E-state index in [1.54, 1.807) is 18.6 Å². The zero-order valence-corrected chi connectivity index (χ0v) is 10.1. The molecular weight excluding hydrogens is 238 g/mol. The van der Waals surface area contributed by atoms with Gasteiger partial charge in [-0.05, 0) is 18.6 Å². The van der Waals surface area contributed by atoms with Gasteiger partial charge in [0.15, 0.2) is 0 Å². The first-order valence-electron chi connectivity index (χ1n) is 5.19. The molecule has 0 aliphatic carbocycles. The van der Waals surface area contributed by atoms with Crippen LogP contribution in [0.3, 0.4) is 0 Å². The molecule has 88 valence electrons. The summed E-state index contributed by atoms with van der Waals surface area (Å²) >= 11 is 6.07. The van der Waals surface area contributed by atoms with Gasteiger partial charge in [-0.1, -0.05) is 23.7 Å². The van der Waals surface area contributed by atoms with Crippen molar-refractivity contribution in [2.75, 3.05) is 0 Å². The third-order valence-corrected chi connectivity index (χ3v) is 2.93. The summed E-state index contributed by atoms with van der Waals surface area (Å²) in [6, 6.07) is 5.39. The minimum absolute atomic E-state index is 0.187. The molecule has 0 radical (unpaired) electrons. The first-order valence-corrected chi connectivity index (χ1v) is 5.57. The number of imidazole rings is 1. The molecule has 1 heterocycles. The molecule has 2 rings (SSSR count). The molecule has 0 atom stereocenters. The molecule has 1 aromatic carbocycles. The normalized spacial score (nSPS) is 10.2. The Balaban J connectivity index is 2.07. The van der Waals surface area contributed by atoms with Crippen molar-refractivity contribution in [3.8, 4) is 0 Å². The SMILES string of the molecule is Cc1cccc(C(=O)NCc2cnc[nH]2)c1Cl. The number of hydrogen-bond donors (Lipinski definition) is 2. The van der Waals surface area contributed by atoms with Gasteiger partial charge in [0.2, 0.25) is 0 Å². The number of hydrogen-bond acceptors (Lipinski definition) is 2. The summed E-state index contributed by atoms with van der Waals surface area (Å²) in [5.41, 5.74) is 2.23. The molecule has 2 aromatic rings. The van der Waals surface area contributed by atoms with Crippen LogP contribution in [0.25, 0.3) is 0 Å². The van der Waals surface area contributed by atoms with Crippen LogP contribution in [0.4, 0.5) is 0 Å². The van der Waals surface area contributed by atoms with E-state index in [2.05, 4.69) is 15.3 Å². The molecule has 0 fully saturated rings. The van der Waals surface area contributed by atoms with Crippen LogP contribution in [0, 0.1) is 6.92 Å². The highest BCUT2D eigenvalue weighted by atomic mass is 35.5. The number of amides is 1. The fourth-order valence-electron chi connectivity index (χ4n) is 1.47. The van der Waals surface area contributed by atoms with Crippen molar-refractivity contribution >= 4 is 17.5 Å². The van der Waals surface area contributed by atoms with Gasteiger partial charge in [0.1, 0.15) is 0 Å². The molecule has 17 heavy (non-hydrogen) atoms. The first kappa shape index (κ1) is 11.7. The van der Waals surface area contributed by atoms with E-state index in [1.165, 1.54) is 0 Å². The number of carbonyl (C=O) groups is 1. The third-order valence-electron chi connectivity index (χ3n) is 2.43. The van der Waals surface area contributed by atoms with Crippen LogP contribution in [0.1, 0.15) is 21.6 Å². The van der Waals surface area contributed by atoms with Crippen molar-refractivity contribution in [3.05, 3.63) is 52.6 Å². The van der Waals surface area contributed by atoms with E-state index in [4.69, 9.17) is 11.6 Å². The number of aromatic amines is 1. The monoisotopic (exact) mass is 249 g/mol. The van der Waals surface area contributed by atoms with Gasteiger partial charge in [-0.3, -0.25) is 4.79 Å². The van der Waals surface area contributed by atoms with Crippen LogP contribution in [0.5, 0.6) is 0 Å². The Morgan fingerprint density at radius 3 is 3.06 bits per heavy atom. The van der Waals surface area contributed by atoms with Crippen molar-refractivity contribution in [2.24, 2.45) is 0 Å². The van der Waals surface area contributed by atoms with Crippen molar-refractivity contribution in [2.45, 2.75) is 13.5 Å². The van der Waals surface area contributed by atoms with E-state index in [1.807, 2.05) is 19.1 Å². The van der Waals surface area contributed by atoms with Gasteiger partial charge in [-0.25, -0.2) is 4.98 Å². The summed E-state index contributed by atoms with van der Waals surface area (Å²) in [7, 11) is 0. The van der Waals surface area contributed by atoms with Crippen molar-refractivity contribution in [1.29, 1.82) is 0 Å². The molecule has 0 aliphatic heterocycles. The Hall–Kier alpha value is -1.81. The second-order valence-electron chi connectivity index (χ2n) is 3.70. The Morgan fingerprint density at radius 2 is 2.35 bits per heavy atom. The quantitative estimate of drug-likeness (QED) is 0.877. The maximum atomic E-state index is 11.9. The lowest BCUT2D eigenvalue weighted by Gasteiger charge is -2.07. The Morgan fingerprint density at radius 1 is 1.53 bits per heavy atom. The standard InChI is InChI=1S/C12H12ClN3O/c1-8-3-2-4-10(11(8)13)12(17)15-6-9-5-14-7-16-9/h2-5,7H,6H2,1H3,(H,14,16)(H,15,17). The number of carbonyl (C=O) groups excluding carboxylic acids is 1. The lowest BCUT2D eigenvalue weighted by Crippen LogP contribution is -2.23. The predicted octanol–water partition coefficient (Wildman–Crippen LogP) is 2.30.